The number of aryl methyl sites for hydroxylation is 1. The first-order valence-electron chi connectivity index (χ1n) is 7.74. The van der Waals surface area contributed by atoms with E-state index in [2.05, 4.69) is 15.1 Å². The van der Waals surface area contributed by atoms with Gasteiger partial charge in [0.05, 0.1) is 12.5 Å². The number of amides is 1. The van der Waals surface area contributed by atoms with E-state index in [1.54, 1.807) is 28.6 Å². The fraction of sp³-hybridized carbons (Fsp3) is 0.533. The Hall–Kier alpha value is -2.51. The number of nitrogens with zero attached hydrogens (tertiary/aromatic N) is 5. The highest BCUT2D eigenvalue weighted by atomic mass is 16.5. The maximum absolute atomic E-state index is 12.6. The van der Waals surface area contributed by atoms with Crippen molar-refractivity contribution >= 4 is 17.7 Å². The first-order valence-corrected chi connectivity index (χ1v) is 7.74. The lowest BCUT2D eigenvalue weighted by atomic mass is 9.98. The minimum Gasteiger partial charge on any atom is -0.466 e. The Bertz CT molecular complexity index is 742. The number of aromatic nitrogens is 4. The van der Waals surface area contributed by atoms with E-state index < -0.39 is 0 Å². The summed E-state index contributed by atoms with van der Waals surface area (Å²) in [6.45, 7) is 4.94. The molecule has 122 valence electrons. The maximum Gasteiger partial charge on any atom is 0.310 e. The van der Waals surface area contributed by atoms with Gasteiger partial charge < -0.3 is 9.64 Å². The number of hydrogen-bond acceptors (Lipinski definition) is 6. The zero-order valence-corrected chi connectivity index (χ0v) is 13.2. The molecule has 1 fully saturated rings. The molecule has 0 N–H and O–H groups in total. The third-order valence-corrected chi connectivity index (χ3v) is 3.95. The van der Waals surface area contributed by atoms with Gasteiger partial charge in [-0.2, -0.15) is 4.98 Å². The average Bonchev–Trinajstić information content (AvgIpc) is 3.00. The number of carbonyl (C=O) groups is 2. The number of rotatable bonds is 3. The second-order valence-electron chi connectivity index (χ2n) is 5.58. The van der Waals surface area contributed by atoms with E-state index in [0.717, 1.165) is 18.5 Å². The highest BCUT2D eigenvalue weighted by Gasteiger charge is 2.31. The lowest BCUT2D eigenvalue weighted by Crippen LogP contribution is -2.43. The molecule has 1 amide bonds. The number of piperidine rings is 1. The van der Waals surface area contributed by atoms with Crippen molar-refractivity contribution in [2.45, 2.75) is 26.7 Å². The van der Waals surface area contributed by atoms with Gasteiger partial charge in [0.2, 0.25) is 5.82 Å². The predicted octanol–water partition coefficient (Wildman–Crippen LogP) is 0.848. The largest absolute Gasteiger partial charge is 0.466 e. The third-order valence-electron chi connectivity index (χ3n) is 3.95. The Morgan fingerprint density at radius 3 is 3.00 bits per heavy atom. The first kappa shape index (κ1) is 15.4. The second-order valence-corrected chi connectivity index (χ2v) is 5.58. The SMILES string of the molecule is CCOC(=O)[C@H]1CCCN(C(=O)c2nc3nccc(C)n3n2)C1. The van der Waals surface area contributed by atoms with Crippen molar-refractivity contribution in [2.24, 2.45) is 5.92 Å². The quantitative estimate of drug-likeness (QED) is 0.780. The smallest absolute Gasteiger partial charge is 0.310 e. The van der Waals surface area contributed by atoms with Gasteiger partial charge in [-0.1, -0.05) is 0 Å². The van der Waals surface area contributed by atoms with Crippen LogP contribution >= 0.6 is 0 Å². The minimum atomic E-state index is -0.274. The zero-order chi connectivity index (χ0) is 16.4. The summed E-state index contributed by atoms with van der Waals surface area (Å²) in [6.07, 6.45) is 3.13. The molecule has 0 aliphatic carbocycles. The summed E-state index contributed by atoms with van der Waals surface area (Å²) in [5.41, 5.74) is 0.851. The molecule has 1 aliphatic rings. The Balaban J connectivity index is 1.78. The number of fused-ring (bicyclic) bond motifs is 1. The van der Waals surface area contributed by atoms with Gasteiger partial charge >= 0.3 is 5.97 Å². The van der Waals surface area contributed by atoms with Crippen LogP contribution in [0.5, 0.6) is 0 Å². The molecule has 23 heavy (non-hydrogen) atoms. The first-order chi connectivity index (χ1) is 11.1. The van der Waals surface area contributed by atoms with Crippen LogP contribution in [0.15, 0.2) is 12.3 Å². The summed E-state index contributed by atoms with van der Waals surface area (Å²) in [4.78, 5) is 34.4. The highest BCUT2D eigenvalue weighted by molar-refractivity contribution is 5.91. The van der Waals surface area contributed by atoms with E-state index >= 15 is 0 Å². The number of likely N-dealkylation sites (tertiary alicyclic amines) is 1. The van der Waals surface area contributed by atoms with Crippen molar-refractivity contribution in [3.8, 4) is 0 Å². The molecule has 8 nitrogen and oxygen atoms in total. The van der Waals surface area contributed by atoms with Crippen LogP contribution in [0, 0.1) is 12.8 Å². The molecule has 1 aliphatic heterocycles. The molecular formula is C15H19N5O3. The van der Waals surface area contributed by atoms with Crippen LogP contribution in [0.25, 0.3) is 5.78 Å². The van der Waals surface area contributed by atoms with Gasteiger partial charge in [0.25, 0.3) is 11.7 Å². The molecule has 2 aromatic heterocycles. The average molecular weight is 317 g/mol. The maximum atomic E-state index is 12.6. The summed E-state index contributed by atoms with van der Waals surface area (Å²) in [5, 5.41) is 4.23. The molecule has 0 aromatic carbocycles. The van der Waals surface area contributed by atoms with Crippen LogP contribution in [0.1, 0.15) is 36.1 Å². The number of hydrogen-bond donors (Lipinski definition) is 0. The van der Waals surface area contributed by atoms with Crippen molar-refractivity contribution < 1.29 is 14.3 Å². The zero-order valence-electron chi connectivity index (χ0n) is 13.2. The van der Waals surface area contributed by atoms with Crippen LogP contribution in [-0.2, 0) is 9.53 Å². The minimum absolute atomic E-state index is 0.108. The lowest BCUT2D eigenvalue weighted by Gasteiger charge is -2.30. The summed E-state index contributed by atoms with van der Waals surface area (Å²) < 4.78 is 6.60. The van der Waals surface area contributed by atoms with Crippen LogP contribution in [-0.4, -0.2) is 56.1 Å². The molecular weight excluding hydrogens is 298 g/mol. The van der Waals surface area contributed by atoms with Crippen molar-refractivity contribution in [3.63, 3.8) is 0 Å². The molecule has 1 atom stereocenters. The van der Waals surface area contributed by atoms with E-state index in [1.807, 2.05) is 6.92 Å². The van der Waals surface area contributed by atoms with Crippen molar-refractivity contribution in [1.29, 1.82) is 0 Å². The molecule has 0 unspecified atom stereocenters. The van der Waals surface area contributed by atoms with Gasteiger partial charge in [-0.15, -0.1) is 5.10 Å². The van der Waals surface area contributed by atoms with E-state index in [9.17, 15) is 9.59 Å². The molecule has 0 bridgehead atoms. The number of esters is 1. The third kappa shape index (κ3) is 3.01. The number of carbonyl (C=O) groups excluding carboxylic acids is 2. The normalized spacial score (nSPS) is 18.2. The Labute approximate surface area is 133 Å². The van der Waals surface area contributed by atoms with Crippen molar-refractivity contribution in [3.05, 3.63) is 23.8 Å². The van der Waals surface area contributed by atoms with Gasteiger partial charge in [-0.05, 0) is 32.8 Å². The number of ether oxygens (including phenoxy) is 1. The summed E-state index contributed by atoms with van der Waals surface area (Å²) in [7, 11) is 0. The summed E-state index contributed by atoms with van der Waals surface area (Å²) in [5.74, 6) is -0.289. The Kier molecular flexibility index (Phi) is 4.22. The molecule has 8 heteroatoms. The van der Waals surface area contributed by atoms with Gasteiger partial charge in [0, 0.05) is 25.0 Å². The van der Waals surface area contributed by atoms with Crippen molar-refractivity contribution in [1.82, 2.24) is 24.5 Å². The summed E-state index contributed by atoms with van der Waals surface area (Å²) in [6, 6.07) is 1.80. The lowest BCUT2D eigenvalue weighted by molar-refractivity contribution is -0.149. The molecule has 3 rings (SSSR count). The summed E-state index contributed by atoms with van der Waals surface area (Å²) >= 11 is 0. The predicted molar refractivity (Wildman–Crippen MR) is 80.8 cm³/mol. The molecule has 0 radical (unpaired) electrons. The second kappa shape index (κ2) is 6.31. The van der Waals surface area contributed by atoms with Crippen LogP contribution in [0.4, 0.5) is 0 Å². The fourth-order valence-corrected chi connectivity index (χ4v) is 2.75. The molecule has 0 saturated carbocycles. The van der Waals surface area contributed by atoms with Gasteiger partial charge in [0.1, 0.15) is 0 Å². The van der Waals surface area contributed by atoms with E-state index in [-0.39, 0.29) is 23.6 Å². The van der Waals surface area contributed by atoms with Crippen molar-refractivity contribution in [2.75, 3.05) is 19.7 Å². The highest BCUT2D eigenvalue weighted by Crippen LogP contribution is 2.19. The van der Waals surface area contributed by atoms with E-state index in [0.29, 0.717) is 25.5 Å². The molecule has 0 spiro atoms. The van der Waals surface area contributed by atoms with Crippen LogP contribution in [0.2, 0.25) is 0 Å². The molecule has 2 aromatic rings. The Morgan fingerprint density at radius 2 is 2.26 bits per heavy atom. The van der Waals surface area contributed by atoms with Gasteiger partial charge in [-0.3, -0.25) is 9.59 Å². The van der Waals surface area contributed by atoms with Crippen LogP contribution in [0.3, 0.4) is 0 Å². The fourth-order valence-electron chi connectivity index (χ4n) is 2.75. The van der Waals surface area contributed by atoms with E-state index in [4.69, 9.17) is 4.74 Å². The van der Waals surface area contributed by atoms with E-state index in [1.165, 1.54) is 0 Å². The standard InChI is InChI=1S/C15H19N5O3/c1-3-23-14(22)11-5-4-8-19(9-11)13(21)12-17-15-16-7-6-10(2)20(15)18-12/h6-7,11H,3-5,8-9H2,1-2H3/t11-/m0/s1. The van der Waals surface area contributed by atoms with Crippen LogP contribution < -0.4 is 0 Å². The van der Waals surface area contributed by atoms with Gasteiger partial charge in [0.15, 0.2) is 0 Å². The monoisotopic (exact) mass is 317 g/mol. The molecule has 3 heterocycles. The Morgan fingerprint density at radius 1 is 1.43 bits per heavy atom. The van der Waals surface area contributed by atoms with Gasteiger partial charge in [-0.25, -0.2) is 9.50 Å². The topological polar surface area (TPSA) is 89.7 Å². The molecule has 1 saturated heterocycles.